The lowest BCUT2D eigenvalue weighted by Gasteiger charge is -2.26. The average Bonchev–Trinajstić information content (AvgIpc) is 2.61. The quantitative estimate of drug-likeness (QED) is 0.761. The molecule has 0 fully saturated rings. The highest BCUT2D eigenvalue weighted by Gasteiger charge is 2.27. The van der Waals surface area contributed by atoms with E-state index in [0.29, 0.717) is 11.1 Å². The van der Waals surface area contributed by atoms with Crippen molar-refractivity contribution in [3.8, 4) is 0 Å². The number of rotatable bonds is 7. The van der Waals surface area contributed by atoms with E-state index in [0.717, 1.165) is 16.0 Å². The van der Waals surface area contributed by atoms with E-state index in [1.54, 1.807) is 12.1 Å². The molecule has 0 saturated carbocycles. The number of halogens is 1. The highest BCUT2D eigenvalue weighted by molar-refractivity contribution is 5.98. The maximum absolute atomic E-state index is 13.5. The largest absolute Gasteiger partial charge is 0.368 e. The molecule has 0 aliphatic carbocycles. The molecular weight excluding hydrogens is 347 g/mol. The third-order valence-corrected chi connectivity index (χ3v) is 4.61. The van der Waals surface area contributed by atoms with Crippen molar-refractivity contribution in [2.24, 2.45) is 5.73 Å². The van der Waals surface area contributed by atoms with Crippen molar-refractivity contribution in [1.29, 1.82) is 0 Å². The van der Waals surface area contributed by atoms with Crippen LogP contribution in [0.5, 0.6) is 0 Å². The molecule has 142 valence electrons. The fourth-order valence-electron chi connectivity index (χ4n) is 2.86. The van der Waals surface area contributed by atoms with Gasteiger partial charge >= 0.3 is 0 Å². The van der Waals surface area contributed by atoms with Gasteiger partial charge in [-0.25, -0.2) is 4.39 Å². The monoisotopic (exact) mass is 370 g/mol. The van der Waals surface area contributed by atoms with Crippen LogP contribution in [0.1, 0.15) is 45.9 Å². The van der Waals surface area contributed by atoms with Crippen LogP contribution < -0.4 is 5.73 Å². The fraction of sp³-hybridized carbons (Fsp3) is 0.286. The molecule has 0 radical (unpaired) electrons. The highest BCUT2D eigenvalue weighted by Crippen LogP contribution is 2.21. The molecule has 1 atom stereocenters. The molecule has 0 aliphatic heterocycles. The maximum Gasteiger partial charge on any atom is 0.244 e. The Morgan fingerprint density at radius 2 is 1.74 bits per heavy atom. The summed E-state index contributed by atoms with van der Waals surface area (Å²) in [5.74, 6) is -1.86. The second-order valence-electron chi connectivity index (χ2n) is 6.59. The van der Waals surface area contributed by atoms with E-state index in [-0.39, 0.29) is 18.6 Å². The molecule has 0 aromatic heterocycles. The molecule has 27 heavy (non-hydrogen) atoms. The minimum Gasteiger partial charge on any atom is -0.368 e. The van der Waals surface area contributed by atoms with E-state index in [4.69, 9.17) is 5.73 Å². The Morgan fingerprint density at radius 1 is 1.04 bits per heavy atom. The first-order chi connectivity index (χ1) is 12.7. The number of aryl methyl sites for hydroxylation is 2. The van der Waals surface area contributed by atoms with Gasteiger partial charge in [0.05, 0.1) is 0 Å². The number of carbonyl (C=O) groups is 3. The number of primary amides is 1. The molecule has 0 bridgehead atoms. The Morgan fingerprint density at radius 3 is 2.33 bits per heavy atom. The second-order valence-corrected chi connectivity index (χ2v) is 6.59. The van der Waals surface area contributed by atoms with E-state index in [1.165, 1.54) is 31.3 Å². The molecule has 0 unspecified atom stereocenters. The van der Waals surface area contributed by atoms with Gasteiger partial charge in [0, 0.05) is 25.5 Å². The molecule has 2 N–H and O–H groups in total. The van der Waals surface area contributed by atoms with Crippen LogP contribution in [0.4, 0.5) is 4.39 Å². The lowest BCUT2D eigenvalue weighted by Crippen LogP contribution is -2.39. The van der Waals surface area contributed by atoms with E-state index in [1.807, 2.05) is 19.9 Å². The summed E-state index contributed by atoms with van der Waals surface area (Å²) in [7, 11) is 1.42. The molecule has 0 spiro atoms. The summed E-state index contributed by atoms with van der Waals surface area (Å²) in [6.07, 6.45) is -0.0539. The SMILES string of the molecule is Cc1ccc(C(=O)CCC(=O)N(C)[C@H](C(N)=O)c2cccc(F)c2)cc1C. The molecule has 2 amide bonds. The van der Waals surface area contributed by atoms with Gasteiger partial charge in [0.15, 0.2) is 5.78 Å². The lowest BCUT2D eigenvalue weighted by atomic mass is 10.0. The predicted molar refractivity (Wildman–Crippen MR) is 101 cm³/mol. The first-order valence-electron chi connectivity index (χ1n) is 8.61. The van der Waals surface area contributed by atoms with Crippen LogP contribution in [0.15, 0.2) is 42.5 Å². The van der Waals surface area contributed by atoms with Gasteiger partial charge in [-0.3, -0.25) is 14.4 Å². The number of hydrogen-bond acceptors (Lipinski definition) is 3. The minimum absolute atomic E-state index is 0.0142. The fourth-order valence-corrected chi connectivity index (χ4v) is 2.86. The zero-order chi connectivity index (χ0) is 20.1. The molecule has 2 aromatic rings. The van der Waals surface area contributed by atoms with Crippen LogP contribution in [0.2, 0.25) is 0 Å². The zero-order valence-electron chi connectivity index (χ0n) is 15.7. The van der Waals surface area contributed by atoms with E-state index in [9.17, 15) is 18.8 Å². The molecule has 0 saturated heterocycles. The normalized spacial score (nSPS) is 11.7. The van der Waals surface area contributed by atoms with Gasteiger partial charge in [-0.1, -0.05) is 24.3 Å². The second kappa shape index (κ2) is 8.58. The number of amides is 2. The molecule has 2 aromatic carbocycles. The van der Waals surface area contributed by atoms with Crippen molar-refractivity contribution in [2.75, 3.05) is 7.05 Å². The molecule has 6 heteroatoms. The number of Topliss-reactive ketones (excluding diaryl/α,β-unsaturated/α-hetero) is 1. The van der Waals surface area contributed by atoms with Crippen LogP contribution in [0.25, 0.3) is 0 Å². The van der Waals surface area contributed by atoms with E-state index in [2.05, 4.69) is 0 Å². The van der Waals surface area contributed by atoms with Gasteiger partial charge in [0.1, 0.15) is 11.9 Å². The predicted octanol–water partition coefficient (Wildman–Crippen LogP) is 3.09. The summed E-state index contributed by atoms with van der Waals surface area (Å²) in [5.41, 5.74) is 8.34. The number of nitrogens with zero attached hydrogens (tertiary/aromatic N) is 1. The minimum atomic E-state index is -1.09. The van der Waals surface area contributed by atoms with Crippen molar-refractivity contribution in [3.05, 3.63) is 70.5 Å². The Kier molecular flexibility index (Phi) is 6.45. The van der Waals surface area contributed by atoms with Crippen molar-refractivity contribution in [1.82, 2.24) is 4.90 Å². The van der Waals surface area contributed by atoms with Crippen LogP contribution in [-0.2, 0) is 9.59 Å². The molecule has 0 aliphatic rings. The van der Waals surface area contributed by atoms with E-state index < -0.39 is 23.7 Å². The van der Waals surface area contributed by atoms with E-state index >= 15 is 0 Å². The van der Waals surface area contributed by atoms with Crippen LogP contribution in [0.3, 0.4) is 0 Å². The van der Waals surface area contributed by atoms with Crippen molar-refractivity contribution in [3.63, 3.8) is 0 Å². The summed E-state index contributed by atoms with van der Waals surface area (Å²) < 4.78 is 13.5. The van der Waals surface area contributed by atoms with Gasteiger partial charge in [-0.05, 0) is 48.7 Å². The van der Waals surface area contributed by atoms with Crippen molar-refractivity contribution < 1.29 is 18.8 Å². The van der Waals surface area contributed by atoms with Crippen LogP contribution in [-0.4, -0.2) is 29.5 Å². The van der Waals surface area contributed by atoms with Crippen LogP contribution >= 0.6 is 0 Å². The Labute approximate surface area is 158 Å². The van der Waals surface area contributed by atoms with Gasteiger partial charge in [-0.15, -0.1) is 0 Å². The third kappa shape index (κ3) is 5.00. The smallest absolute Gasteiger partial charge is 0.244 e. The summed E-state index contributed by atoms with van der Waals surface area (Å²) in [4.78, 5) is 37.8. The number of carbonyl (C=O) groups excluding carboxylic acids is 3. The summed E-state index contributed by atoms with van der Waals surface area (Å²) >= 11 is 0. The molecular formula is C21H23FN2O3. The van der Waals surface area contributed by atoms with Crippen molar-refractivity contribution >= 4 is 17.6 Å². The molecule has 5 nitrogen and oxygen atoms in total. The van der Waals surface area contributed by atoms with Crippen LogP contribution in [0, 0.1) is 19.7 Å². The maximum atomic E-state index is 13.5. The number of ketones is 1. The Balaban J connectivity index is 2.07. The molecule has 0 heterocycles. The number of likely N-dealkylation sites (N-methyl/N-ethyl adjacent to an activating group) is 1. The van der Waals surface area contributed by atoms with Gasteiger partial charge in [-0.2, -0.15) is 0 Å². The zero-order valence-corrected chi connectivity index (χ0v) is 15.7. The molecule has 2 rings (SSSR count). The lowest BCUT2D eigenvalue weighted by molar-refractivity contribution is -0.138. The Bertz CT molecular complexity index is 879. The standard InChI is InChI=1S/C21H23FN2O3/c1-13-7-8-15(11-14(13)2)18(25)9-10-19(26)24(3)20(21(23)27)16-5-4-6-17(22)12-16/h4-8,11-12,20H,9-10H2,1-3H3,(H2,23,27)/t20-/m0/s1. The summed E-state index contributed by atoms with van der Waals surface area (Å²) in [6.45, 7) is 3.87. The topological polar surface area (TPSA) is 80.5 Å². The van der Waals surface area contributed by atoms with Gasteiger partial charge in [0.2, 0.25) is 11.8 Å². The Hall–Kier alpha value is -3.02. The van der Waals surface area contributed by atoms with Gasteiger partial charge < -0.3 is 10.6 Å². The van der Waals surface area contributed by atoms with Crippen molar-refractivity contribution in [2.45, 2.75) is 32.7 Å². The first-order valence-corrected chi connectivity index (χ1v) is 8.61. The number of hydrogen-bond donors (Lipinski definition) is 1. The number of nitrogens with two attached hydrogens (primary N) is 1. The third-order valence-electron chi connectivity index (χ3n) is 4.61. The summed E-state index contributed by atoms with van der Waals surface area (Å²) in [5, 5.41) is 0. The summed E-state index contributed by atoms with van der Waals surface area (Å²) in [6, 6.07) is 9.69. The van der Waals surface area contributed by atoms with Gasteiger partial charge in [0.25, 0.3) is 0 Å². The first kappa shape index (κ1) is 20.3. The highest BCUT2D eigenvalue weighted by atomic mass is 19.1. The number of benzene rings is 2. The average molecular weight is 370 g/mol.